The number of hydrogen-bond donors (Lipinski definition) is 2. The Kier molecular flexibility index (Phi) is 151. The maximum atomic E-state index is 7.62. The maximum absolute atomic E-state index is 7.62. The van der Waals surface area contributed by atoms with Gasteiger partial charge in [-0.2, -0.15) is 0 Å². The topological polar surface area (TPSA) is 49.7 Å². The van der Waals surface area contributed by atoms with E-state index in [-0.39, 0.29) is 13.2 Å². The third-order valence-corrected chi connectivity index (χ3v) is 0.389. The monoisotopic (exact) mass is 178 g/mol. The van der Waals surface area contributed by atoms with E-state index in [0.717, 1.165) is 6.61 Å². The van der Waals surface area contributed by atoms with Gasteiger partial charge in [-0.1, -0.05) is 0 Å². The molecule has 3 nitrogen and oxygen atoms in total. The van der Waals surface area contributed by atoms with Gasteiger partial charge in [0.2, 0.25) is 0 Å². The number of ether oxygens (including phenoxy) is 1. The third kappa shape index (κ3) is 354. The first-order valence-corrected chi connectivity index (χ1v) is 3.54. The van der Waals surface area contributed by atoms with E-state index in [1.165, 1.54) is 0 Å². The van der Waals surface area contributed by atoms with E-state index < -0.39 is 0 Å². The van der Waals surface area contributed by atoms with E-state index in [1.54, 1.807) is 7.11 Å². The zero-order chi connectivity index (χ0) is 10.8. The molecule has 0 atom stereocenters. The molecule has 0 fully saturated rings. The number of methoxy groups -OCH3 is 1. The highest BCUT2D eigenvalue weighted by Gasteiger charge is 1.58. The summed E-state index contributed by atoms with van der Waals surface area (Å²) in [6.07, 6.45) is 0. The molecule has 0 aliphatic heterocycles. The molecule has 0 radical (unpaired) electrons. The second kappa shape index (κ2) is 80.4. The molecule has 0 spiro atoms. The van der Waals surface area contributed by atoms with Gasteiger partial charge in [-0.3, -0.25) is 0 Å². The lowest BCUT2D eigenvalue weighted by Gasteiger charge is -1.76. The fourth-order valence-electron chi connectivity index (χ4n) is 0. The fraction of sp³-hybridized carbons (Fsp3) is 0.556. The van der Waals surface area contributed by atoms with Crippen LogP contribution in [-0.4, -0.2) is 37.1 Å². The number of rotatable bonds is 2. The normalized spacial score (nSPS) is 5.67. The molecule has 0 bridgehead atoms. The zero-order valence-corrected chi connectivity index (χ0v) is 8.25. The van der Waals surface area contributed by atoms with Crippen molar-refractivity contribution in [3.05, 3.63) is 26.3 Å². The third-order valence-electron chi connectivity index (χ3n) is 0.389. The standard InChI is InChI=1S/C3H8O.C2H6O2.2C2H4/c1-3-4-2;3-1-2-4;2*1-2/h3H2,1-2H3;3-4H,1-2H2;2*1-2H2. The van der Waals surface area contributed by atoms with Crippen LogP contribution in [0.3, 0.4) is 0 Å². The smallest absolute Gasteiger partial charge is 0.0662 e. The molecule has 0 aliphatic rings. The summed E-state index contributed by atoms with van der Waals surface area (Å²) < 4.78 is 4.54. The summed E-state index contributed by atoms with van der Waals surface area (Å²) in [5.41, 5.74) is 0. The van der Waals surface area contributed by atoms with Crippen LogP contribution in [0.2, 0.25) is 0 Å². The van der Waals surface area contributed by atoms with Crippen LogP contribution in [0.4, 0.5) is 0 Å². The van der Waals surface area contributed by atoms with Crippen LogP contribution in [-0.2, 0) is 4.74 Å². The van der Waals surface area contributed by atoms with Crippen molar-refractivity contribution < 1.29 is 14.9 Å². The summed E-state index contributed by atoms with van der Waals surface area (Å²) in [7, 11) is 1.68. The van der Waals surface area contributed by atoms with Crippen LogP contribution < -0.4 is 0 Å². The Morgan fingerprint density at radius 2 is 1.17 bits per heavy atom. The number of aliphatic hydroxyl groups is 2. The van der Waals surface area contributed by atoms with Crippen LogP contribution >= 0.6 is 0 Å². The van der Waals surface area contributed by atoms with E-state index in [2.05, 4.69) is 31.1 Å². The highest BCUT2D eigenvalue weighted by atomic mass is 16.5. The van der Waals surface area contributed by atoms with Crippen LogP contribution in [0.5, 0.6) is 0 Å². The minimum atomic E-state index is -0.125. The van der Waals surface area contributed by atoms with Gasteiger partial charge < -0.3 is 14.9 Å². The van der Waals surface area contributed by atoms with Crippen molar-refractivity contribution in [3.63, 3.8) is 0 Å². The van der Waals surface area contributed by atoms with E-state index in [9.17, 15) is 0 Å². The van der Waals surface area contributed by atoms with Crippen molar-refractivity contribution in [2.24, 2.45) is 0 Å². The Morgan fingerprint density at radius 1 is 1.00 bits per heavy atom. The maximum Gasteiger partial charge on any atom is 0.0662 e. The molecule has 12 heavy (non-hydrogen) atoms. The molecule has 0 aliphatic carbocycles. The second-order valence-corrected chi connectivity index (χ2v) is 1.02. The summed E-state index contributed by atoms with van der Waals surface area (Å²) >= 11 is 0. The SMILES string of the molecule is C=C.C=C.CCOC.OCCO. The summed E-state index contributed by atoms with van der Waals surface area (Å²) in [4.78, 5) is 0. The van der Waals surface area contributed by atoms with Crippen LogP contribution in [0.25, 0.3) is 0 Å². The minimum Gasteiger partial charge on any atom is -0.394 e. The molecule has 0 saturated heterocycles. The molecule has 0 rings (SSSR count). The molecule has 0 aromatic rings. The Balaban J connectivity index is -0.0000000380. The van der Waals surface area contributed by atoms with Crippen molar-refractivity contribution in [3.8, 4) is 0 Å². The first-order chi connectivity index (χ1) is 5.83. The summed E-state index contributed by atoms with van der Waals surface area (Å²) in [6, 6.07) is 0. The van der Waals surface area contributed by atoms with Crippen molar-refractivity contribution in [1.82, 2.24) is 0 Å². The van der Waals surface area contributed by atoms with Crippen LogP contribution in [0, 0.1) is 0 Å². The minimum absolute atomic E-state index is 0.125. The predicted molar refractivity (Wildman–Crippen MR) is 54.2 cm³/mol. The quantitative estimate of drug-likeness (QED) is 0.625. The highest BCUT2D eigenvalue weighted by Crippen LogP contribution is 1.52. The molecule has 0 saturated carbocycles. The summed E-state index contributed by atoms with van der Waals surface area (Å²) in [6.45, 7) is 14.5. The molecular weight excluding hydrogens is 156 g/mol. The van der Waals surface area contributed by atoms with E-state index in [4.69, 9.17) is 10.2 Å². The molecular formula is C9H22O3. The van der Waals surface area contributed by atoms with Gasteiger partial charge in [-0.05, 0) is 6.92 Å². The lowest BCUT2D eigenvalue weighted by molar-refractivity contribution is 0.186. The Morgan fingerprint density at radius 3 is 1.17 bits per heavy atom. The number of aliphatic hydroxyl groups excluding tert-OH is 2. The van der Waals surface area contributed by atoms with Gasteiger partial charge in [-0.15, -0.1) is 26.3 Å². The predicted octanol–water partition coefficient (Wildman–Crippen LogP) is 1.23. The lowest BCUT2D eigenvalue weighted by Crippen LogP contribution is -1.85. The van der Waals surface area contributed by atoms with Crippen molar-refractivity contribution in [1.29, 1.82) is 0 Å². The Labute approximate surface area is 76.0 Å². The highest BCUT2D eigenvalue weighted by molar-refractivity contribution is 4.22. The molecule has 0 aromatic heterocycles. The molecule has 0 aromatic carbocycles. The average molecular weight is 178 g/mol. The van der Waals surface area contributed by atoms with Crippen molar-refractivity contribution >= 4 is 0 Å². The largest absolute Gasteiger partial charge is 0.394 e. The fourth-order valence-corrected chi connectivity index (χ4v) is 0. The lowest BCUT2D eigenvalue weighted by atomic mass is 10.8. The zero-order valence-electron chi connectivity index (χ0n) is 8.25. The molecule has 0 heterocycles. The summed E-state index contributed by atoms with van der Waals surface area (Å²) in [5.74, 6) is 0. The molecule has 0 unspecified atom stereocenters. The van der Waals surface area contributed by atoms with Gasteiger partial charge >= 0.3 is 0 Å². The Hall–Kier alpha value is -0.640. The molecule has 3 heteroatoms. The first kappa shape index (κ1) is 22.5. The van der Waals surface area contributed by atoms with E-state index in [0.29, 0.717) is 0 Å². The van der Waals surface area contributed by atoms with Crippen molar-refractivity contribution in [2.75, 3.05) is 26.9 Å². The summed E-state index contributed by atoms with van der Waals surface area (Å²) in [5, 5.41) is 15.2. The molecule has 0 amide bonds. The van der Waals surface area contributed by atoms with E-state index >= 15 is 0 Å². The van der Waals surface area contributed by atoms with Gasteiger partial charge in [0, 0.05) is 13.7 Å². The second-order valence-electron chi connectivity index (χ2n) is 1.02. The molecule has 2 N–H and O–H groups in total. The van der Waals surface area contributed by atoms with Crippen LogP contribution in [0.1, 0.15) is 6.92 Å². The number of hydrogen-bond acceptors (Lipinski definition) is 3. The first-order valence-electron chi connectivity index (χ1n) is 3.54. The Bertz CT molecular complexity index is 30.8. The van der Waals surface area contributed by atoms with Gasteiger partial charge in [0.25, 0.3) is 0 Å². The molecule has 76 valence electrons. The van der Waals surface area contributed by atoms with E-state index in [1.807, 2.05) is 6.92 Å². The van der Waals surface area contributed by atoms with Crippen molar-refractivity contribution in [2.45, 2.75) is 6.92 Å². The average Bonchev–Trinajstić information content (AvgIpc) is 2.23. The van der Waals surface area contributed by atoms with Gasteiger partial charge in [0.15, 0.2) is 0 Å². The van der Waals surface area contributed by atoms with Gasteiger partial charge in [0.1, 0.15) is 0 Å². The van der Waals surface area contributed by atoms with Gasteiger partial charge in [0.05, 0.1) is 13.2 Å². The van der Waals surface area contributed by atoms with Crippen LogP contribution in [0.15, 0.2) is 26.3 Å². The van der Waals surface area contributed by atoms with Gasteiger partial charge in [-0.25, -0.2) is 0 Å².